The number of nitrogens with one attached hydrogen (secondary N) is 1. The van der Waals surface area contributed by atoms with Gasteiger partial charge in [0.05, 0.1) is 11.1 Å². The first kappa shape index (κ1) is 17.4. The predicted octanol–water partition coefficient (Wildman–Crippen LogP) is 1.16. The van der Waals surface area contributed by atoms with Crippen LogP contribution in [0.5, 0.6) is 0 Å². The van der Waals surface area contributed by atoms with Crippen LogP contribution in [-0.4, -0.2) is 60.7 Å². The van der Waals surface area contributed by atoms with Crippen molar-refractivity contribution >= 4 is 30.1 Å². The maximum Gasteiger partial charge on any atom is 0.261 e. The molecule has 1 saturated heterocycles. The van der Waals surface area contributed by atoms with Gasteiger partial charge in [-0.05, 0) is 44.1 Å². The molecule has 2 aliphatic rings. The van der Waals surface area contributed by atoms with Crippen LogP contribution in [0.15, 0.2) is 18.2 Å². The summed E-state index contributed by atoms with van der Waals surface area (Å²) in [6, 6.07) is 4.95. The van der Waals surface area contributed by atoms with Crippen LogP contribution in [0.1, 0.15) is 43.9 Å². The molecular weight excluding hydrogens is 318 g/mol. The zero-order valence-electron chi connectivity index (χ0n) is 13.2. The van der Waals surface area contributed by atoms with Crippen LogP contribution in [0.3, 0.4) is 0 Å². The number of carbonyl (C=O) groups excluding carboxylic acids is 3. The van der Waals surface area contributed by atoms with Gasteiger partial charge in [-0.15, -0.1) is 12.4 Å². The van der Waals surface area contributed by atoms with Crippen molar-refractivity contribution in [2.45, 2.75) is 18.9 Å². The lowest BCUT2D eigenvalue weighted by Crippen LogP contribution is -2.44. The van der Waals surface area contributed by atoms with Crippen molar-refractivity contribution in [2.75, 3.05) is 27.2 Å². The van der Waals surface area contributed by atoms with E-state index in [2.05, 4.69) is 5.32 Å². The summed E-state index contributed by atoms with van der Waals surface area (Å²) >= 11 is 0. The molecule has 1 fully saturated rings. The van der Waals surface area contributed by atoms with E-state index in [1.165, 1.54) is 7.05 Å². The van der Waals surface area contributed by atoms with E-state index in [9.17, 15) is 14.4 Å². The Kier molecular flexibility index (Phi) is 5.06. The third kappa shape index (κ3) is 2.96. The topological polar surface area (TPSA) is 69.7 Å². The Morgan fingerprint density at radius 1 is 1.17 bits per heavy atom. The van der Waals surface area contributed by atoms with Gasteiger partial charge in [0.25, 0.3) is 17.7 Å². The molecule has 0 aromatic heterocycles. The van der Waals surface area contributed by atoms with Crippen LogP contribution in [-0.2, 0) is 0 Å². The van der Waals surface area contributed by atoms with Crippen molar-refractivity contribution in [1.29, 1.82) is 0 Å². The molecule has 6 nitrogen and oxygen atoms in total. The molecule has 0 aliphatic carbocycles. The Labute approximate surface area is 141 Å². The summed E-state index contributed by atoms with van der Waals surface area (Å²) in [7, 11) is 3.25. The van der Waals surface area contributed by atoms with E-state index < -0.39 is 0 Å². The first-order chi connectivity index (χ1) is 10.5. The van der Waals surface area contributed by atoms with Crippen LogP contribution in [0.2, 0.25) is 0 Å². The lowest BCUT2D eigenvalue weighted by Gasteiger charge is -2.31. The summed E-state index contributed by atoms with van der Waals surface area (Å²) in [4.78, 5) is 39.3. The Bertz CT molecular complexity index is 656. The number of benzene rings is 1. The summed E-state index contributed by atoms with van der Waals surface area (Å²) in [5.74, 6) is -0.769. The molecule has 2 heterocycles. The minimum absolute atomic E-state index is 0. The third-order valence-corrected chi connectivity index (χ3v) is 4.51. The van der Waals surface area contributed by atoms with E-state index in [-0.39, 0.29) is 36.2 Å². The molecule has 124 valence electrons. The number of fused-ring (bicyclic) bond motifs is 1. The Morgan fingerprint density at radius 2 is 1.78 bits per heavy atom. The van der Waals surface area contributed by atoms with Crippen molar-refractivity contribution in [3.8, 4) is 0 Å². The molecule has 1 aromatic rings. The minimum Gasteiger partial charge on any atom is -0.339 e. The Hall–Kier alpha value is -1.92. The molecule has 0 atom stereocenters. The molecule has 0 unspecified atom stereocenters. The fourth-order valence-electron chi connectivity index (χ4n) is 3.06. The van der Waals surface area contributed by atoms with Gasteiger partial charge in [0.15, 0.2) is 0 Å². The highest BCUT2D eigenvalue weighted by Crippen LogP contribution is 2.24. The van der Waals surface area contributed by atoms with Crippen LogP contribution in [0.25, 0.3) is 0 Å². The smallest absolute Gasteiger partial charge is 0.261 e. The number of amides is 3. The SMILES string of the molecule is CN1C(=O)c2ccc(C(=O)N(C)C3CCNCC3)cc2C1=O.Cl. The molecule has 2 aliphatic heterocycles. The summed E-state index contributed by atoms with van der Waals surface area (Å²) in [6.07, 6.45) is 1.85. The van der Waals surface area contributed by atoms with Gasteiger partial charge in [-0.25, -0.2) is 0 Å². The highest BCUT2D eigenvalue weighted by atomic mass is 35.5. The molecular formula is C16H20ClN3O3. The second-order valence-corrected chi connectivity index (χ2v) is 5.83. The molecule has 0 radical (unpaired) electrons. The number of carbonyl (C=O) groups is 3. The van der Waals surface area contributed by atoms with E-state index in [1.54, 1.807) is 30.1 Å². The van der Waals surface area contributed by atoms with Gasteiger partial charge in [0, 0.05) is 25.7 Å². The third-order valence-electron chi connectivity index (χ3n) is 4.51. The van der Waals surface area contributed by atoms with Gasteiger partial charge in [-0.3, -0.25) is 19.3 Å². The molecule has 0 spiro atoms. The zero-order chi connectivity index (χ0) is 15.9. The lowest BCUT2D eigenvalue weighted by atomic mass is 10.0. The van der Waals surface area contributed by atoms with Crippen molar-refractivity contribution in [3.63, 3.8) is 0 Å². The molecule has 3 amide bonds. The first-order valence-corrected chi connectivity index (χ1v) is 7.45. The summed E-state index contributed by atoms with van der Waals surface area (Å²) in [6.45, 7) is 1.81. The number of hydrogen-bond acceptors (Lipinski definition) is 4. The van der Waals surface area contributed by atoms with Crippen molar-refractivity contribution in [2.24, 2.45) is 0 Å². The number of imide groups is 1. The summed E-state index contributed by atoms with van der Waals surface area (Å²) in [5, 5.41) is 3.27. The zero-order valence-corrected chi connectivity index (χ0v) is 14.0. The van der Waals surface area contributed by atoms with E-state index in [1.807, 2.05) is 0 Å². The number of halogens is 1. The van der Waals surface area contributed by atoms with Gasteiger partial charge >= 0.3 is 0 Å². The van der Waals surface area contributed by atoms with Crippen LogP contribution in [0.4, 0.5) is 0 Å². The fourth-order valence-corrected chi connectivity index (χ4v) is 3.06. The second kappa shape index (κ2) is 6.68. The van der Waals surface area contributed by atoms with Crippen molar-refractivity contribution in [3.05, 3.63) is 34.9 Å². The number of hydrogen-bond donors (Lipinski definition) is 1. The quantitative estimate of drug-likeness (QED) is 0.822. The average molecular weight is 338 g/mol. The van der Waals surface area contributed by atoms with Gasteiger partial charge in [0.2, 0.25) is 0 Å². The average Bonchev–Trinajstić information content (AvgIpc) is 2.78. The fraction of sp³-hybridized carbons (Fsp3) is 0.438. The van der Waals surface area contributed by atoms with Gasteiger partial charge in [-0.1, -0.05) is 0 Å². The number of piperidine rings is 1. The molecule has 23 heavy (non-hydrogen) atoms. The Balaban J connectivity index is 0.00000192. The van der Waals surface area contributed by atoms with E-state index >= 15 is 0 Å². The van der Waals surface area contributed by atoms with Crippen LogP contribution in [0, 0.1) is 0 Å². The van der Waals surface area contributed by atoms with Gasteiger partial charge < -0.3 is 10.2 Å². The highest BCUT2D eigenvalue weighted by molar-refractivity contribution is 6.21. The number of rotatable bonds is 2. The largest absolute Gasteiger partial charge is 0.339 e. The predicted molar refractivity (Wildman–Crippen MR) is 88.1 cm³/mol. The van der Waals surface area contributed by atoms with Crippen LogP contribution >= 0.6 is 12.4 Å². The second-order valence-electron chi connectivity index (χ2n) is 5.83. The monoisotopic (exact) mass is 337 g/mol. The molecule has 1 N–H and O–H groups in total. The lowest BCUT2D eigenvalue weighted by molar-refractivity contribution is 0.0689. The first-order valence-electron chi connectivity index (χ1n) is 7.45. The van der Waals surface area contributed by atoms with Crippen molar-refractivity contribution in [1.82, 2.24) is 15.1 Å². The number of nitrogens with zero attached hydrogens (tertiary/aromatic N) is 2. The van der Waals surface area contributed by atoms with Crippen LogP contribution < -0.4 is 5.32 Å². The molecule has 1 aromatic carbocycles. The molecule has 0 saturated carbocycles. The minimum atomic E-state index is -0.348. The summed E-state index contributed by atoms with van der Waals surface area (Å²) in [5.41, 5.74) is 1.14. The van der Waals surface area contributed by atoms with Crippen molar-refractivity contribution < 1.29 is 14.4 Å². The molecule has 7 heteroatoms. The van der Waals surface area contributed by atoms with Gasteiger partial charge in [0.1, 0.15) is 0 Å². The standard InChI is InChI=1S/C16H19N3O3.ClH/c1-18(11-5-7-17-8-6-11)14(20)10-3-4-12-13(9-10)16(22)19(2)15(12)21;/h3-4,9,11,17H,5-8H2,1-2H3;1H. The normalized spacial score (nSPS) is 17.7. The van der Waals surface area contributed by atoms with E-state index in [0.29, 0.717) is 16.7 Å². The molecule has 3 rings (SSSR count). The highest BCUT2D eigenvalue weighted by Gasteiger charge is 2.33. The summed E-state index contributed by atoms with van der Waals surface area (Å²) < 4.78 is 0. The maximum atomic E-state index is 12.6. The van der Waals surface area contributed by atoms with Gasteiger partial charge in [-0.2, -0.15) is 0 Å². The Morgan fingerprint density at radius 3 is 2.43 bits per heavy atom. The molecule has 0 bridgehead atoms. The maximum absolute atomic E-state index is 12.6. The van der Waals surface area contributed by atoms with E-state index in [4.69, 9.17) is 0 Å². The van der Waals surface area contributed by atoms with E-state index in [0.717, 1.165) is 30.8 Å².